The van der Waals surface area contributed by atoms with Crippen LogP contribution in [0.3, 0.4) is 0 Å². The Kier molecular flexibility index (Phi) is 7.88. The fraction of sp³-hybridized carbons (Fsp3) is 0.364. The van der Waals surface area contributed by atoms with Crippen molar-refractivity contribution in [1.29, 1.82) is 0 Å². The van der Waals surface area contributed by atoms with Crippen LogP contribution in [-0.4, -0.2) is 39.2 Å². The number of hydrogen-bond acceptors (Lipinski definition) is 5. The molecule has 7 nitrogen and oxygen atoms in total. The molecule has 0 aromatic heterocycles. The summed E-state index contributed by atoms with van der Waals surface area (Å²) in [7, 11) is 4.52. The molecule has 0 aliphatic heterocycles. The summed E-state index contributed by atoms with van der Waals surface area (Å²) in [6.07, 6.45) is 0.725. The molecule has 156 valence electrons. The largest absolute Gasteiger partial charge is 0.493 e. The van der Waals surface area contributed by atoms with E-state index in [4.69, 9.17) is 14.2 Å². The molecule has 7 heteroatoms. The number of anilines is 1. The van der Waals surface area contributed by atoms with Gasteiger partial charge in [-0.05, 0) is 18.1 Å². The molecule has 0 heterocycles. The van der Waals surface area contributed by atoms with Gasteiger partial charge in [-0.3, -0.25) is 9.59 Å². The van der Waals surface area contributed by atoms with Gasteiger partial charge < -0.3 is 24.8 Å². The first kappa shape index (κ1) is 22.1. The van der Waals surface area contributed by atoms with Crippen LogP contribution in [0.5, 0.6) is 17.2 Å². The van der Waals surface area contributed by atoms with Gasteiger partial charge in [-0.15, -0.1) is 0 Å². The van der Waals surface area contributed by atoms with E-state index < -0.39 is 6.04 Å². The Hall–Kier alpha value is -3.22. The molecule has 0 aliphatic rings. The van der Waals surface area contributed by atoms with Crippen LogP contribution in [0.25, 0.3) is 0 Å². The number of ether oxygens (including phenoxy) is 3. The maximum Gasteiger partial charge on any atom is 0.251 e. The average molecular weight is 400 g/mol. The summed E-state index contributed by atoms with van der Waals surface area (Å²) < 4.78 is 16.0. The second kappa shape index (κ2) is 10.4. The zero-order valence-electron chi connectivity index (χ0n) is 17.4. The van der Waals surface area contributed by atoms with Gasteiger partial charge in [-0.25, -0.2) is 0 Å². The normalized spacial score (nSPS) is 12.4. The van der Waals surface area contributed by atoms with Gasteiger partial charge in [0.25, 0.3) is 5.91 Å². The fourth-order valence-corrected chi connectivity index (χ4v) is 2.89. The lowest BCUT2D eigenvalue weighted by Gasteiger charge is -2.24. The summed E-state index contributed by atoms with van der Waals surface area (Å²) in [5.41, 5.74) is 0.980. The molecule has 0 radical (unpaired) electrons. The van der Waals surface area contributed by atoms with Crippen LogP contribution in [0, 0.1) is 5.92 Å². The maximum atomic E-state index is 13.0. The monoisotopic (exact) mass is 400 g/mol. The van der Waals surface area contributed by atoms with Crippen LogP contribution in [0.1, 0.15) is 30.6 Å². The van der Waals surface area contributed by atoms with E-state index in [2.05, 4.69) is 10.6 Å². The lowest BCUT2D eigenvalue weighted by atomic mass is 9.97. The van der Waals surface area contributed by atoms with Gasteiger partial charge in [0.05, 0.1) is 21.3 Å². The zero-order valence-corrected chi connectivity index (χ0v) is 17.4. The summed E-state index contributed by atoms with van der Waals surface area (Å²) in [5, 5.41) is 5.69. The summed E-state index contributed by atoms with van der Waals surface area (Å²) in [4.78, 5) is 25.6. The van der Waals surface area contributed by atoms with Crippen molar-refractivity contribution >= 4 is 17.5 Å². The lowest BCUT2D eigenvalue weighted by Crippen LogP contribution is -2.47. The molecule has 2 rings (SSSR count). The molecule has 0 bridgehead atoms. The van der Waals surface area contributed by atoms with Gasteiger partial charge in [0.15, 0.2) is 11.5 Å². The first-order chi connectivity index (χ1) is 13.9. The van der Waals surface area contributed by atoms with Gasteiger partial charge in [-0.2, -0.15) is 0 Å². The second-order valence-electron chi connectivity index (χ2n) is 6.61. The summed E-state index contributed by atoms with van der Waals surface area (Å²) >= 11 is 0. The minimum absolute atomic E-state index is 0.0651. The van der Waals surface area contributed by atoms with E-state index in [1.807, 2.05) is 19.9 Å². The topological polar surface area (TPSA) is 85.9 Å². The third kappa shape index (κ3) is 5.40. The van der Waals surface area contributed by atoms with Crippen molar-refractivity contribution in [2.24, 2.45) is 5.92 Å². The third-order valence-corrected chi connectivity index (χ3v) is 4.75. The van der Waals surface area contributed by atoms with Gasteiger partial charge in [0.1, 0.15) is 6.04 Å². The van der Waals surface area contributed by atoms with Crippen LogP contribution in [0.4, 0.5) is 5.69 Å². The molecule has 0 unspecified atom stereocenters. The van der Waals surface area contributed by atoms with Crippen molar-refractivity contribution in [3.63, 3.8) is 0 Å². The standard InChI is InChI=1S/C22H28N2O5/c1-6-14(2)19(24-21(25)15-10-8-7-9-11-15)22(26)23-16-12-17(27-3)20(29-5)18(13-16)28-4/h7-14,19H,6H2,1-5H3,(H,23,26)(H,24,25)/t14-,19-/m0/s1. The van der Waals surface area contributed by atoms with E-state index in [1.54, 1.807) is 36.4 Å². The van der Waals surface area contributed by atoms with Crippen molar-refractivity contribution in [3.05, 3.63) is 48.0 Å². The van der Waals surface area contributed by atoms with Gasteiger partial charge >= 0.3 is 0 Å². The number of nitrogens with one attached hydrogen (secondary N) is 2. The average Bonchev–Trinajstić information content (AvgIpc) is 2.76. The molecule has 2 N–H and O–H groups in total. The Bertz CT molecular complexity index is 813. The lowest BCUT2D eigenvalue weighted by molar-refractivity contribution is -0.119. The number of amides is 2. The molecular formula is C22H28N2O5. The molecular weight excluding hydrogens is 372 g/mol. The van der Waals surface area contributed by atoms with Crippen LogP contribution >= 0.6 is 0 Å². The second-order valence-corrected chi connectivity index (χ2v) is 6.61. The molecule has 0 aliphatic carbocycles. The smallest absolute Gasteiger partial charge is 0.251 e. The Morgan fingerprint density at radius 2 is 1.55 bits per heavy atom. The predicted molar refractivity (Wildman–Crippen MR) is 112 cm³/mol. The predicted octanol–water partition coefficient (Wildman–Crippen LogP) is 3.50. The summed E-state index contributed by atoms with van der Waals surface area (Å²) in [6.45, 7) is 3.89. The molecule has 0 fully saturated rings. The summed E-state index contributed by atoms with van der Waals surface area (Å²) in [6, 6.07) is 11.4. The fourth-order valence-electron chi connectivity index (χ4n) is 2.89. The van der Waals surface area contributed by atoms with E-state index >= 15 is 0 Å². The van der Waals surface area contributed by atoms with E-state index in [0.29, 0.717) is 28.5 Å². The maximum absolute atomic E-state index is 13.0. The molecule has 29 heavy (non-hydrogen) atoms. The third-order valence-electron chi connectivity index (χ3n) is 4.75. The Morgan fingerprint density at radius 1 is 0.966 bits per heavy atom. The molecule has 0 spiro atoms. The molecule has 2 amide bonds. The number of rotatable bonds is 9. The molecule has 2 aromatic carbocycles. The Balaban J connectivity index is 2.25. The number of methoxy groups -OCH3 is 3. The number of carbonyl (C=O) groups excluding carboxylic acids is 2. The van der Waals surface area contributed by atoms with Gasteiger partial charge in [0, 0.05) is 23.4 Å². The van der Waals surface area contributed by atoms with Crippen molar-refractivity contribution in [2.75, 3.05) is 26.6 Å². The Morgan fingerprint density at radius 3 is 2.03 bits per heavy atom. The van der Waals surface area contributed by atoms with Crippen LogP contribution in [0.2, 0.25) is 0 Å². The molecule has 0 saturated heterocycles. The van der Waals surface area contributed by atoms with Crippen molar-refractivity contribution in [1.82, 2.24) is 5.32 Å². The number of benzene rings is 2. The number of hydrogen-bond donors (Lipinski definition) is 2. The first-order valence-corrected chi connectivity index (χ1v) is 9.41. The van der Waals surface area contributed by atoms with Crippen LogP contribution in [0.15, 0.2) is 42.5 Å². The molecule has 0 saturated carbocycles. The van der Waals surface area contributed by atoms with Crippen molar-refractivity contribution in [3.8, 4) is 17.2 Å². The van der Waals surface area contributed by atoms with Crippen molar-refractivity contribution < 1.29 is 23.8 Å². The van der Waals surface area contributed by atoms with Gasteiger partial charge in [0.2, 0.25) is 11.7 Å². The highest BCUT2D eigenvalue weighted by Crippen LogP contribution is 2.40. The Labute approximate surface area is 171 Å². The van der Waals surface area contributed by atoms with Crippen molar-refractivity contribution in [2.45, 2.75) is 26.3 Å². The molecule has 2 atom stereocenters. The minimum atomic E-state index is -0.702. The van der Waals surface area contributed by atoms with Crippen LogP contribution in [-0.2, 0) is 4.79 Å². The SMILES string of the molecule is CC[C@H](C)[C@H](NC(=O)c1ccccc1)C(=O)Nc1cc(OC)c(OC)c(OC)c1. The van der Waals surface area contributed by atoms with Crippen LogP contribution < -0.4 is 24.8 Å². The van der Waals surface area contributed by atoms with E-state index in [1.165, 1.54) is 21.3 Å². The minimum Gasteiger partial charge on any atom is -0.493 e. The van der Waals surface area contributed by atoms with E-state index in [0.717, 1.165) is 6.42 Å². The highest BCUT2D eigenvalue weighted by molar-refractivity contribution is 6.01. The zero-order chi connectivity index (χ0) is 21.4. The highest BCUT2D eigenvalue weighted by Gasteiger charge is 2.27. The quantitative estimate of drug-likeness (QED) is 0.673. The van der Waals surface area contributed by atoms with Gasteiger partial charge in [-0.1, -0.05) is 38.5 Å². The number of carbonyl (C=O) groups is 2. The van der Waals surface area contributed by atoms with E-state index in [9.17, 15) is 9.59 Å². The summed E-state index contributed by atoms with van der Waals surface area (Å²) in [5.74, 6) is 0.605. The highest BCUT2D eigenvalue weighted by atomic mass is 16.5. The first-order valence-electron chi connectivity index (χ1n) is 9.41. The molecule has 2 aromatic rings. The van der Waals surface area contributed by atoms with E-state index in [-0.39, 0.29) is 17.7 Å².